The summed E-state index contributed by atoms with van der Waals surface area (Å²) in [6.07, 6.45) is 1.11. The Bertz CT molecular complexity index is 1670. The minimum Gasteiger partial charge on any atom is -0.489 e. The maximum atomic E-state index is 16.4. The van der Waals surface area contributed by atoms with Gasteiger partial charge in [-0.15, -0.1) is 0 Å². The number of aromatic nitrogens is 4. The summed E-state index contributed by atoms with van der Waals surface area (Å²) in [4.78, 5) is 24.9. The van der Waals surface area contributed by atoms with Crippen LogP contribution in [0.15, 0.2) is 18.3 Å². The Balaban J connectivity index is 1.52. The Labute approximate surface area is 232 Å². The molecular formula is C26H24Cl2F2N6O3. The van der Waals surface area contributed by atoms with E-state index >= 15 is 8.78 Å². The summed E-state index contributed by atoms with van der Waals surface area (Å²) < 4.78 is 44.9. The van der Waals surface area contributed by atoms with E-state index in [1.54, 1.807) is 45.0 Å². The highest BCUT2D eigenvalue weighted by molar-refractivity contribution is 6.37. The molecule has 0 bridgehead atoms. The molecule has 0 unspecified atom stereocenters. The van der Waals surface area contributed by atoms with Gasteiger partial charge in [-0.05, 0) is 44.5 Å². The monoisotopic (exact) mass is 576 g/mol. The molecule has 204 valence electrons. The standard InChI is InChI=1S/C26H24Cl2F2N6O3/c1-26(2,3)39-25(37)35-7-8-36-13(10-35)11-38-22-17-20(32-24(28)33-23(17)36)19(30)16(18(22)27)15-14(29)6-5-12-9-31-34(4)21(12)15/h5-6,9,13H,7-8,10-11H2,1-4H3/t13-/m0/s1. The van der Waals surface area contributed by atoms with E-state index < -0.39 is 23.3 Å². The molecule has 1 saturated heterocycles. The third-order valence-electron chi connectivity index (χ3n) is 6.86. The zero-order chi connectivity index (χ0) is 27.8. The van der Waals surface area contributed by atoms with E-state index in [1.165, 1.54) is 10.7 Å². The second kappa shape index (κ2) is 9.06. The molecule has 4 heterocycles. The van der Waals surface area contributed by atoms with Gasteiger partial charge in [0, 0.05) is 43.2 Å². The summed E-state index contributed by atoms with van der Waals surface area (Å²) in [5, 5.41) is 4.72. The SMILES string of the molecule is Cn1ncc2ccc(F)c(-c3c(Cl)c4c5c(nc(Cl)nc5c3F)N3CCN(C(=O)OC(C)(C)C)C[C@H]3CO4)c21. The van der Waals surface area contributed by atoms with Crippen molar-refractivity contribution in [2.24, 2.45) is 7.05 Å². The predicted octanol–water partition coefficient (Wildman–Crippen LogP) is 5.59. The van der Waals surface area contributed by atoms with Crippen LogP contribution in [0.3, 0.4) is 0 Å². The fourth-order valence-corrected chi connectivity index (χ4v) is 5.71. The molecule has 2 aliphatic rings. The van der Waals surface area contributed by atoms with Crippen molar-refractivity contribution in [3.05, 3.63) is 40.3 Å². The van der Waals surface area contributed by atoms with E-state index in [9.17, 15) is 4.79 Å². The number of benzene rings is 2. The van der Waals surface area contributed by atoms with Gasteiger partial charge in [-0.25, -0.2) is 18.6 Å². The highest BCUT2D eigenvalue weighted by Gasteiger charge is 2.39. The Morgan fingerprint density at radius 2 is 1.92 bits per heavy atom. The van der Waals surface area contributed by atoms with E-state index in [-0.39, 0.29) is 57.3 Å². The number of hydrogen-bond donors (Lipinski definition) is 0. The maximum absolute atomic E-state index is 16.4. The van der Waals surface area contributed by atoms with Crippen LogP contribution in [-0.2, 0) is 11.8 Å². The van der Waals surface area contributed by atoms with E-state index in [2.05, 4.69) is 15.1 Å². The van der Waals surface area contributed by atoms with Crippen molar-refractivity contribution in [2.75, 3.05) is 31.1 Å². The fraction of sp³-hybridized carbons (Fsp3) is 0.385. The van der Waals surface area contributed by atoms with Crippen LogP contribution in [0.4, 0.5) is 19.4 Å². The number of ether oxygens (including phenoxy) is 2. The first kappa shape index (κ1) is 25.8. The summed E-state index contributed by atoms with van der Waals surface area (Å²) in [7, 11) is 1.63. The van der Waals surface area contributed by atoms with Crippen LogP contribution >= 0.6 is 23.2 Å². The second-order valence-electron chi connectivity index (χ2n) is 10.6. The first-order chi connectivity index (χ1) is 18.4. The second-order valence-corrected chi connectivity index (χ2v) is 11.3. The molecule has 1 fully saturated rings. The van der Waals surface area contributed by atoms with Crippen LogP contribution in [0.2, 0.25) is 10.3 Å². The van der Waals surface area contributed by atoms with Crippen LogP contribution in [0.1, 0.15) is 20.8 Å². The lowest BCUT2D eigenvalue weighted by Crippen LogP contribution is -2.57. The van der Waals surface area contributed by atoms with Gasteiger partial charge >= 0.3 is 6.09 Å². The Morgan fingerprint density at radius 1 is 1.15 bits per heavy atom. The number of amides is 1. The molecule has 1 amide bonds. The molecule has 2 aromatic carbocycles. The summed E-state index contributed by atoms with van der Waals surface area (Å²) in [6.45, 7) is 6.46. The molecule has 0 radical (unpaired) electrons. The molecule has 0 spiro atoms. The highest BCUT2D eigenvalue weighted by atomic mass is 35.5. The fourth-order valence-electron chi connectivity index (χ4n) is 5.22. The first-order valence-corrected chi connectivity index (χ1v) is 13.1. The number of rotatable bonds is 1. The zero-order valence-corrected chi connectivity index (χ0v) is 23.1. The van der Waals surface area contributed by atoms with Crippen molar-refractivity contribution in [2.45, 2.75) is 32.4 Å². The third-order valence-corrected chi connectivity index (χ3v) is 7.39. The van der Waals surface area contributed by atoms with Crippen LogP contribution in [-0.4, -0.2) is 68.6 Å². The van der Waals surface area contributed by atoms with Crippen LogP contribution < -0.4 is 9.64 Å². The number of halogens is 4. The van der Waals surface area contributed by atoms with E-state index in [0.29, 0.717) is 29.8 Å². The quantitative estimate of drug-likeness (QED) is 0.273. The highest BCUT2D eigenvalue weighted by Crippen LogP contribution is 2.49. The molecule has 6 rings (SSSR count). The van der Waals surface area contributed by atoms with Gasteiger partial charge < -0.3 is 19.3 Å². The Kier molecular flexibility index (Phi) is 5.99. The number of anilines is 1. The topological polar surface area (TPSA) is 85.6 Å². The van der Waals surface area contributed by atoms with Gasteiger partial charge in [0.25, 0.3) is 0 Å². The van der Waals surface area contributed by atoms with Gasteiger partial charge in [-0.1, -0.05) is 11.6 Å². The van der Waals surface area contributed by atoms with E-state index in [0.717, 1.165) is 0 Å². The molecule has 9 nitrogen and oxygen atoms in total. The van der Waals surface area contributed by atoms with Gasteiger partial charge in [-0.2, -0.15) is 10.1 Å². The smallest absolute Gasteiger partial charge is 0.410 e. The van der Waals surface area contributed by atoms with Crippen molar-refractivity contribution < 1.29 is 23.0 Å². The Morgan fingerprint density at radius 3 is 2.67 bits per heavy atom. The van der Waals surface area contributed by atoms with Crippen LogP contribution in [0, 0.1) is 11.6 Å². The van der Waals surface area contributed by atoms with Gasteiger partial charge in [0.1, 0.15) is 29.4 Å². The van der Waals surface area contributed by atoms with Gasteiger partial charge in [0.05, 0.1) is 28.2 Å². The molecule has 13 heteroatoms. The summed E-state index contributed by atoms with van der Waals surface area (Å²) in [5.74, 6) is -1.09. The number of aryl methyl sites for hydroxylation is 1. The lowest BCUT2D eigenvalue weighted by atomic mass is 9.98. The normalized spacial score (nSPS) is 17.3. The van der Waals surface area contributed by atoms with Crippen molar-refractivity contribution in [1.29, 1.82) is 0 Å². The lowest BCUT2D eigenvalue weighted by molar-refractivity contribution is 0.0202. The molecule has 1 atom stereocenters. The van der Waals surface area contributed by atoms with Gasteiger partial charge in [-0.3, -0.25) is 4.68 Å². The minimum absolute atomic E-state index is 0.0638. The first-order valence-electron chi connectivity index (χ1n) is 12.3. The summed E-state index contributed by atoms with van der Waals surface area (Å²) in [5.41, 5.74) is -0.701. The van der Waals surface area contributed by atoms with E-state index in [4.69, 9.17) is 32.7 Å². The Hall–Kier alpha value is -3.44. The van der Waals surface area contributed by atoms with Crippen molar-refractivity contribution in [3.63, 3.8) is 0 Å². The van der Waals surface area contributed by atoms with E-state index in [1.807, 2.05) is 4.90 Å². The number of carbonyl (C=O) groups is 1. The van der Waals surface area contributed by atoms with Crippen LogP contribution in [0.5, 0.6) is 5.75 Å². The van der Waals surface area contributed by atoms with Gasteiger partial charge in [0.2, 0.25) is 5.28 Å². The number of fused-ring (bicyclic) bond motifs is 3. The lowest BCUT2D eigenvalue weighted by Gasteiger charge is -2.41. The predicted molar refractivity (Wildman–Crippen MR) is 144 cm³/mol. The molecule has 4 aromatic rings. The average Bonchev–Trinajstić information content (AvgIpc) is 3.15. The third kappa shape index (κ3) is 4.19. The number of carbonyl (C=O) groups excluding carboxylic acids is 1. The number of hydrogen-bond acceptors (Lipinski definition) is 7. The largest absolute Gasteiger partial charge is 0.489 e. The molecule has 39 heavy (non-hydrogen) atoms. The maximum Gasteiger partial charge on any atom is 0.410 e. The average molecular weight is 577 g/mol. The molecule has 0 N–H and O–H groups in total. The minimum atomic E-state index is -0.855. The molecule has 0 aliphatic carbocycles. The molecule has 2 aliphatic heterocycles. The number of piperazine rings is 1. The van der Waals surface area contributed by atoms with Crippen molar-refractivity contribution in [1.82, 2.24) is 24.6 Å². The molecular weight excluding hydrogens is 553 g/mol. The van der Waals surface area contributed by atoms with Gasteiger partial charge in [0.15, 0.2) is 11.6 Å². The number of nitrogens with zero attached hydrogens (tertiary/aromatic N) is 6. The van der Waals surface area contributed by atoms with Crippen LogP contribution in [0.25, 0.3) is 32.9 Å². The van der Waals surface area contributed by atoms with Crippen molar-refractivity contribution in [3.8, 4) is 16.9 Å². The summed E-state index contributed by atoms with van der Waals surface area (Å²) in [6, 6.07) is 2.43. The summed E-state index contributed by atoms with van der Waals surface area (Å²) >= 11 is 13.1. The zero-order valence-electron chi connectivity index (χ0n) is 21.6. The molecule has 2 aromatic heterocycles. The van der Waals surface area contributed by atoms with Crippen molar-refractivity contribution >= 4 is 56.9 Å². The molecule has 0 saturated carbocycles.